The van der Waals surface area contributed by atoms with Crippen LogP contribution < -0.4 is 5.56 Å². The summed E-state index contributed by atoms with van der Waals surface area (Å²) < 4.78 is 29.5. The molecular weight excluding hydrogens is 386 g/mol. The molecule has 0 radical (unpaired) electrons. The maximum absolute atomic E-state index is 14.0. The molecule has 27 heavy (non-hydrogen) atoms. The monoisotopic (exact) mass is 400 g/mol. The van der Waals surface area contributed by atoms with Gasteiger partial charge in [-0.1, -0.05) is 36.0 Å². The lowest BCUT2D eigenvalue weighted by atomic mass is 10.2. The minimum Gasteiger partial charge on any atom is -0.282 e. The molecule has 0 aliphatic heterocycles. The average molecular weight is 400 g/mol. The molecule has 0 saturated heterocycles. The molecule has 4 aromatic rings. The second-order valence-corrected chi connectivity index (χ2v) is 7.85. The fourth-order valence-electron chi connectivity index (χ4n) is 2.76. The Morgan fingerprint density at radius 2 is 1.78 bits per heavy atom. The van der Waals surface area contributed by atoms with E-state index in [2.05, 4.69) is 4.98 Å². The van der Waals surface area contributed by atoms with Crippen LogP contribution >= 0.6 is 23.1 Å². The Kier molecular flexibility index (Phi) is 5.05. The number of rotatable bonds is 5. The van der Waals surface area contributed by atoms with Gasteiger partial charge in [-0.25, -0.2) is 13.8 Å². The summed E-state index contributed by atoms with van der Waals surface area (Å²) in [6.07, 6.45) is 0. The smallest absolute Gasteiger partial charge is 0.262 e. The van der Waals surface area contributed by atoms with Gasteiger partial charge < -0.3 is 0 Å². The predicted molar refractivity (Wildman–Crippen MR) is 105 cm³/mol. The summed E-state index contributed by atoms with van der Waals surface area (Å²) >= 11 is 2.70. The first-order valence-corrected chi connectivity index (χ1v) is 10.1. The molecular formula is C20H14F2N2OS2. The van der Waals surface area contributed by atoms with Gasteiger partial charge in [0.2, 0.25) is 0 Å². The first-order valence-electron chi connectivity index (χ1n) is 8.21. The molecule has 136 valence electrons. The highest BCUT2D eigenvalue weighted by Crippen LogP contribution is 2.26. The number of benzene rings is 2. The van der Waals surface area contributed by atoms with Crippen molar-refractivity contribution in [3.8, 4) is 0 Å². The van der Waals surface area contributed by atoms with Gasteiger partial charge in [-0.15, -0.1) is 11.3 Å². The van der Waals surface area contributed by atoms with E-state index < -0.39 is 11.6 Å². The Morgan fingerprint density at radius 3 is 2.52 bits per heavy atom. The van der Waals surface area contributed by atoms with E-state index in [1.54, 1.807) is 34.1 Å². The third kappa shape index (κ3) is 3.65. The maximum Gasteiger partial charge on any atom is 0.262 e. The highest BCUT2D eigenvalue weighted by Gasteiger charge is 2.15. The third-order valence-corrected chi connectivity index (χ3v) is 5.99. The van der Waals surface area contributed by atoms with Gasteiger partial charge in [0.15, 0.2) is 5.16 Å². The zero-order valence-corrected chi connectivity index (χ0v) is 15.7. The van der Waals surface area contributed by atoms with Crippen molar-refractivity contribution < 1.29 is 8.78 Å². The molecule has 2 aromatic carbocycles. The first kappa shape index (κ1) is 17.9. The maximum atomic E-state index is 14.0. The van der Waals surface area contributed by atoms with E-state index in [0.29, 0.717) is 22.6 Å². The number of nitrogens with zero attached hydrogens (tertiary/aromatic N) is 2. The van der Waals surface area contributed by atoms with Crippen LogP contribution in [0.3, 0.4) is 0 Å². The molecule has 0 aliphatic carbocycles. The normalized spacial score (nSPS) is 11.2. The first-order chi connectivity index (χ1) is 13.1. The van der Waals surface area contributed by atoms with Crippen LogP contribution in [0.5, 0.6) is 0 Å². The van der Waals surface area contributed by atoms with E-state index in [9.17, 15) is 13.6 Å². The summed E-state index contributed by atoms with van der Waals surface area (Å²) in [4.78, 5) is 18.6. The number of halogens is 2. The molecule has 2 heterocycles. The van der Waals surface area contributed by atoms with Gasteiger partial charge in [-0.2, -0.15) is 0 Å². The van der Waals surface area contributed by atoms with Crippen molar-refractivity contribution in [2.45, 2.75) is 17.5 Å². The number of aromatic nitrogens is 2. The fourth-order valence-corrected chi connectivity index (χ4v) is 4.47. The van der Waals surface area contributed by atoms with E-state index in [-0.39, 0.29) is 16.9 Å². The Morgan fingerprint density at radius 1 is 1.00 bits per heavy atom. The van der Waals surface area contributed by atoms with Gasteiger partial charge in [0.25, 0.3) is 5.56 Å². The van der Waals surface area contributed by atoms with E-state index in [4.69, 9.17) is 0 Å². The van der Waals surface area contributed by atoms with Crippen LogP contribution in [0, 0.1) is 11.6 Å². The molecule has 7 heteroatoms. The second-order valence-electron chi connectivity index (χ2n) is 5.87. The van der Waals surface area contributed by atoms with Crippen molar-refractivity contribution in [2.24, 2.45) is 0 Å². The van der Waals surface area contributed by atoms with Crippen LogP contribution in [0.4, 0.5) is 8.78 Å². The lowest BCUT2D eigenvalue weighted by Crippen LogP contribution is -2.23. The molecule has 0 saturated carbocycles. The largest absolute Gasteiger partial charge is 0.282 e. The van der Waals surface area contributed by atoms with Gasteiger partial charge in [0.05, 0.1) is 17.4 Å². The molecule has 4 rings (SSSR count). The number of thioether (sulfide) groups is 1. The summed E-state index contributed by atoms with van der Waals surface area (Å²) in [5.41, 5.74) is 0.388. The molecule has 0 bridgehead atoms. The Hall–Kier alpha value is -2.51. The summed E-state index contributed by atoms with van der Waals surface area (Å²) in [6.45, 7) is 0.371. The van der Waals surface area contributed by atoms with Gasteiger partial charge in [0.1, 0.15) is 11.6 Å². The van der Waals surface area contributed by atoms with Gasteiger partial charge >= 0.3 is 0 Å². The van der Waals surface area contributed by atoms with E-state index in [0.717, 1.165) is 16.6 Å². The molecule has 0 unspecified atom stereocenters. The Balaban J connectivity index is 1.77. The fraction of sp³-hybridized carbons (Fsp3) is 0.100. The van der Waals surface area contributed by atoms with E-state index in [1.165, 1.54) is 18.2 Å². The van der Waals surface area contributed by atoms with Crippen molar-refractivity contribution >= 4 is 34.0 Å². The van der Waals surface area contributed by atoms with Crippen LogP contribution in [0.2, 0.25) is 0 Å². The van der Waals surface area contributed by atoms with Crippen LogP contribution in [0.15, 0.2) is 69.9 Å². The average Bonchev–Trinajstić information content (AvgIpc) is 3.17. The number of hydrogen-bond donors (Lipinski definition) is 0. The minimum atomic E-state index is -0.601. The van der Waals surface area contributed by atoms with Gasteiger partial charge in [-0.3, -0.25) is 9.36 Å². The topological polar surface area (TPSA) is 34.9 Å². The Labute approximate surface area is 162 Å². The Bertz CT molecular complexity index is 1140. The second kappa shape index (κ2) is 7.62. The molecule has 0 N–H and O–H groups in total. The van der Waals surface area contributed by atoms with Crippen molar-refractivity contribution in [3.05, 3.63) is 92.4 Å². The minimum absolute atomic E-state index is 0.0208. The highest BCUT2D eigenvalue weighted by atomic mass is 32.2. The lowest BCUT2D eigenvalue weighted by molar-refractivity contribution is 0.566. The van der Waals surface area contributed by atoms with Crippen LogP contribution in [0.1, 0.15) is 10.4 Å². The summed E-state index contributed by atoms with van der Waals surface area (Å²) in [6, 6.07) is 14.8. The molecule has 3 nitrogen and oxygen atoms in total. The summed E-state index contributed by atoms with van der Waals surface area (Å²) in [7, 11) is 0. The number of thiophene rings is 1. The lowest BCUT2D eigenvalue weighted by Gasteiger charge is -2.13. The van der Waals surface area contributed by atoms with Crippen molar-refractivity contribution in [1.29, 1.82) is 0 Å². The molecule has 0 aliphatic rings. The number of hydrogen-bond acceptors (Lipinski definition) is 4. The van der Waals surface area contributed by atoms with Crippen molar-refractivity contribution in [3.63, 3.8) is 0 Å². The molecule has 2 aromatic heterocycles. The number of para-hydroxylation sites is 1. The van der Waals surface area contributed by atoms with Crippen molar-refractivity contribution in [1.82, 2.24) is 9.55 Å². The molecule has 0 spiro atoms. The standard InChI is InChI=1S/C20H14F2N2OS2/c21-16-7-3-8-17(22)15(16)12-27-20-23-18-9-2-1-6-14(18)19(25)24(20)11-13-5-4-10-26-13/h1-10H,11-12H2. The zero-order chi connectivity index (χ0) is 18.8. The van der Waals surface area contributed by atoms with Crippen LogP contribution in [0.25, 0.3) is 10.9 Å². The van der Waals surface area contributed by atoms with Crippen LogP contribution in [-0.2, 0) is 12.3 Å². The third-order valence-electron chi connectivity index (χ3n) is 4.13. The SMILES string of the molecule is O=c1c2ccccc2nc(SCc2c(F)cccc2F)n1Cc1cccs1. The van der Waals surface area contributed by atoms with Gasteiger partial charge in [0, 0.05) is 16.2 Å². The highest BCUT2D eigenvalue weighted by molar-refractivity contribution is 7.98. The molecule has 0 fully saturated rings. The molecule has 0 atom stereocenters. The quantitative estimate of drug-likeness (QED) is 0.346. The van der Waals surface area contributed by atoms with E-state index >= 15 is 0 Å². The zero-order valence-electron chi connectivity index (χ0n) is 14.1. The number of fused-ring (bicyclic) bond motifs is 1. The van der Waals surface area contributed by atoms with E-state index in [1.807, 2.05) is 23.6 Å². The van der Waals surface area contributed by atoms with Crippen LogP contribution in [-0.4, -0.2) is 9.55 Å². The summed E-state index contributed by atoms with van der Waals surface area (Å²) in [5.74, 6) is -1.15. The molecule has 0 amide bonds. The predicted octanol–water partition coefficient (Wildman–Crippen LogP) is 5.08. The summed E-state index contributed by atoms with van der Waals surface area (Å²) in [5, 5.41) is 2.90. The van der Waals surface area contributed by atoms with Crippen molar-refractivity contribution in [2.75, 3.05) is 0 Å². The van der Waals surface area contributed by atoms with Gasteiger partial charge in [-0.05, 0) is 35.7 Å².